The Morgan fingerprint density at radius 1 is 1.06 bits per heavy atom. The molecular weight excluding hydrogens is 410 g/mol. The fourth-order valence-corrected chi connectivity index (χ4v) is 4.87. The molecule has 1 aliphatic heterocycles. The van der Waals surface area contributed by atoms with Crippen LogP contribution in [0, 0.1) is 0 Å². The number of aromatic nitrogens is 2. The largest absolute Gasteiger partial charge is 0.497 e. The highest BCUT2D eigenvalue weighted by atomic mass is 32.1. The van der Waals surface area contributed by atoms with Gasteiger partial charge in [-0.3, -0.25) is 4.90 Å². The number of hydrogen-bond acceptors (Lipinski definition) is 7. The predicted molar refractivity (Wildman–Crippen MR) is 118 cm³/mol. The van der Waals surface area contributed by atoms with Gasteiger partial charge in [0.15, 0.2) is 6.61 Å². The molecular formula is C24H23N3O3S. The number of benzene rings is 2. The van der Waals surface area contributed by atoms with Crippen LogP contribution in [-0.4, -0.2) is 28.7 Å². The monoisotopic (exact) mass is 433 g/mol. The average molecular weight is 434 g/mol. The second-order valence-electron chi connectivity index (χ2n) is 7.40. The number of rotatable bonds is 7. The number of thiophene rings is 1. The van der Waals surface area contributed by atoms with Crippen molar-refractivity contribution in [3.63, 3.8) is 0 Å². The fraction of sp³-hybridized carbons (Fsp3) is 0.250. The Bertz CT molecular complexity index is 1120. The van der Waals surface area contributed by atoms with Gasteiger partial charge >= 0.3 is 0 Å². The molecule has 2 aromatic heterocycles. The van der Waals surface area contributed by atoms with Crippen LogP contribution in [0.3, 0.4) is 0 Å². The van der Waals surface area contributed by atoms with E-state index in [1.165, 1.54) is 16.0 Å². The fourth-order valence-electron chi connectivity index (χ4n) is 3.97. The van der Waals surface area contributed by atoms with Gasteiger partial charge in [0.2, 0.25) is 11.7 Å². The van der Waals surface area contributed by atoms with E-state index in [-0.39, 0.29) is 12.6 Å². The minimum atomic E-state index is 0.196. The van der Waals surface area contributed by atoms with Crippen molar-refractivity contribution in [1.29, 1.82) is 0 Å². The number of methoxy groups -OCH3 is 1. The summed E-state index contributed by atoms with van der Waals surface area (Å²) >= 11 is 1.84. The van der Waals surface area contributed by atoms with Crippen molar-refractivity contribution in [1.82, 2.24) is 15.0 Å². The Hall–Kier alpha value is -3.16. The van der Waals surface area contributed by atoms with E-state index in [9.17, 15) is 0 Å². The minimum absolute atomic E-state index is 0.196. The molecule has 2 aromatic carbocycles. The molecule has 0 bridgehead atoms. The Kier molecular flexibility index (Phi) is 5.69. The molecule has 6 nitrogen and oxygen atoms in total. The third-order valence-electron chi connectivity index (χ3n) is 5.46. The van der Waals surface area contributed by atoms with Gasteiger partial charge in [0.05, 0.1) is 19.7 Å². The standard InChI is InChI=1S/C24H23N3O3S/c1-28-18-7-9-19(10-8-18)29-16-22-25-23(30-26-22)15-27-13-11-21-20(12-14-31-21)24(27)17-5-3-2-4-6-17/h2-10,12,14,24H,11,13,15-16H2,1H3/t24-/m0/s1. The van der Waals surface area contributed by atoms with Crippen LogP contribution in [0.4, 0.5) is 0 Å². The van der Waals surface area contributed by atoms with E-state index in [4.69, 9.17) is 14.0 Å². The molecule has 5 rings (SSSR count). The predicted octanol–water partition coefficient (Wildman–Crippen LogP) is 4.87. The summed E-state index contributed by atoms with van der Waals surface area (Å²) in [5.74, 6) is 2.66. The maximum Gasteiger partial charge on any atom is 0.240 e. The lowest BCUT2D eigenvalue weighted by atomic mass is 9.93. The quantitative estimate of drug-likeness (QED) is 0.415. The number of ether oxygens (including phenoxy) is 2. The Morgan fingerprint density at radius 2 is 1.87 bits per heavy atom. The molecule has 0 saturated heterocycles. The van der Waals surface area contributed by atoms with Gasteiger partial charge in [0.1, 0.15) is 11.5 Å². The summed E-state index contributed by atoms with van der Waals surface area (Å²) < 4.78 is 16.5. The topological polar surface area (TPSA) is 60.6 Å². The van der Waals surface area contributed by atoms with E-state index in [0.717, 1.165) is 24.5 Å². The van der Waals surface area contributed by atoms with Crippen molar-refractivity contribution >= 4 is 11.3 Å². The highest BCUT2D eigenvalue weighted by molar-refractivity contribution is 7.10. The normalized spacial score (nSPS) is 16.1. The van der Waals surface area contributed by atoms with Crippen LogP contribution < -0.4 is 9.47 Å². The first-order valence-corrected chi connectivity index (χ1v) is 11.1. The van der Waals surface area contributed by atoms with Crippen molar-refractivity contribution < 1.29 is 14.0 Å². The maximum atomic E-state index is 5.77. The molecule has 0 saturated carbocycles. The Labute approximate surface area is 185 Å². The maximum absolute atomic E-state index is 5.77. The van der Waals surface area contributed by atoms with Crippen molar-refractivity contribution in [2.75, 3.05) is 13.7 Å². The van der Waals surface area contributed by atoms with Gasteiger partial charge in [-0.25, -0.2) is 0 Å². The van der Waals surface area contributed by atoms with Crippen LogP contribution in [0.15, 0.2) is 70.6 Å². The van der Waals surface area contributed by atoms with Crippen LogP contribution in [-0.2, 0) is 19.6 Å². The van der Waals surface area contributed by atoms with E-state index in [1.54, 1.807) is 7.11 Å². The highest BCUT2D eigenvalue weighted by Crippen LogP contribution is 2.38. The van der Waals surface area contributed by atoms with Crippen molar-refractivity contribution in [2.45, 2.75) is 25.6 Å². The molecule has 0 radical (unpaired) electrons. The Balaban J connectivity index is 1.28. The van der Waals surface area contributed by atoms with Crippen LogP contribution in [0.5, 0.6) is 11.5 Å². The highest BCUT2D eigenvalue weighted by Gasteiger charge is 2.30. The summed E-state index contributed by atoms with van der Waals surface area (Å²) in [7, 11) is 1.64. The average Bonchev–Trinajstić information content (AvgIpc) is 3.48. The molecule has 0 N–H and O–H groups in total. The molecule has 1 aliphatic rings. The second-order valence-corrected chi connectivity index (χ2v) is 8.40. The van der Waals surface area contributed by atoms with Gasteiger partial charge in [-0.2, -0.15) is 4.98 Å². The minimum Gasteiger partial charge on any atom is -0.497 e. The zero-order valence-corrected chi connectivity index (χ0v) is 18.0. The third kappa shape index (κ3) is 4.33. The lowest BCUT2D eigenvalue weighted by molar-refractivity contribution is 0.179. The molecule has 0 unspecified atom stereocenters. The molecule has 0 amide bonds. The van der Waals surface area contributed by atoms with Gasteiger partial charge in [-0.15, -0.1) is 11.3 Å². The first kappa shape index (κ1) is 19.8. The molecule has 1 atom stereocenters. The van der Waals surface area contributed by atoms with Gasteiger partial charge in [0.25, 0.3) is 0 Å². The van der Waals surface area contributed by atoms with Gasteiger partial charge < -0.3 is 14.0 Å². The van der Waals surface area contributed by atoms with Crippen LogP contribution in [0.1, 0.15) is 33.8 Å². The number of fused-ring (bicyclic) bond motifs is 1. The van der Waals surface area contributed by atoms with Crippen LogP contribution >= 0.6 is 11.3 Å². The Morgan fingerprint density at radius 3 is 2.68 bits per heavy atom. The van der Waals surface area contributed by atoms with Crippen molar-refractivity contribution in [3.8, 4) is 11.5 Å². The summed E-state index contributed by atoms with van der Waals surface area (Å²) in [5.41, 5.74) is 2.66. The molecule has 0 aliphatic carbocycles. The molecule has 4 aromatic rings. The van der Waals surface area contributed by atoms with Gasteiger partial charge in [-0.05, 0) is 53.3 Å². The van der Waals surface area contributed by atoms with E-state index in [1.807, 2.05) is 35.6 Å². The third-order valence-corrected chi connectivity index (χ3v) is 6.45. The first-order valence-electron chi connectivity index (χ1n) is 10.2. The van der Waals surface area contributed by atoms with E-state index in [2.05, 4.69) is 56.8 Å². The van der Waals surface area contributed by atoms with Crippen LogP contribution in [0.25, 0.3) is 0 Å². The van der Waals surface area contributed by atoms with Crippen molar-refractivity contribution in [2.24, 2.45) is 0 Å². The van der Waals surface area contributed by atoms with Crippen molar-refractivity contribution in [3.05, 3.63) is 93.8 Å². The van der Waals surface area contributed by atoms with Gasteiger partial charge in [0, 0.05) is 11.4 Å². The summed E-state index contributed by atoms with van der Waals surface area (Å²) in [6.45, 7) is 1.81. The SMILES string of the molecule is COc1ccc(OCc2noc(CN3CCc4sccc4[C@@H]3c3ccccc3)n2)cc1. The first-order chi connectivity index (χ1) is 15.3. The molecule has 158 valence electrons. The molecule has 3 heterocycles. The zero-order chi connectivity index (χ0) is 21.0. The number of nitrogens with zero attached hydrogens (tertiary/aromatic N) is 3. The summed E-state index contributed by atoms with van der Waals surface area (Å²) in [6, 6.07) is 20.5. The lowest BCUT2D eigenvalue weighted by Gasteiger charge is -2.35. The second kappa shape index (κ2) is 8.91. The molecule has 7 heteroatoms. The van der Waals surface area contributed by atoms with Crippen LogP contribution in [0.2, 0.25) is 0 Å². The molecule has 31 heavy (non-hydrogen) atoms. The summed E-state index contributed by atoms with van der Waals surface area (Å²) in [5, 5.41) is 6.29. The van der Waals surface area contributed by atoms with E-state index < -0.39 is 0 Å². The number of hydrogen-bond donors (Lipinski definition) is 0. The summed E-state index contributed by atoms with van der Waals surface area (Å²) in [6.07, 6.45) is 1.04. The van der Waals surface area contributed by atoms with E-state index >= 15 is 0 Å². The lowest BCUT2D eigenvalue weighted by Crippen LogP contribution is -2.35. The summed E-state index contributed by atoms with van der Waals surface area (Å²) in [4.78, 5) is 8.43. The zero-order valence-electron chi connectivity index (χ0n) is 17.2. The molecule has 0 fully saturated rings. The van der Waals surface area contributed by atoms with Gasteiger partial charge in [-0.1, -0.05) is 35.5 Å². The smallest absolute Gasteiger partial charge is 0.240 e. The van der Waals surface area contributed by atoms with E-state index in [0.29, 0.717) is 18.3 Å². The molecule has 0 spiro atoms.